The Morgan fingerprint density at radius 1 is 0.818 bits per heavy atom. The van der Waals surface area contributed by atoms with Crippen molar-refractivity contribution in [2.24, 2.45) is 0 Å². The maximum absolute atomic E-state index is 5.99. The lowest BCUT2D eigenvalue weighted by Crippen LogP contribution is -2.04. The Labute approximate surface area is 196 Å². The van der Waals surface area contributed by atoms with Gasteiger partial charge in [0.2, 0.25) is 11.8 Å². The van der Waals surface area contributed by atoms with Crippen LogP contribution in [-0.4, -0.2) is 25.0 Å². The molecule has 2 aromatic heterocycles. The first-order valence-corrected chi connectivity index (χ1v) is 11.7. The topological polar surface area (TPSA) is 69.6 Å². The Hall–Kier alpha value is -3.71. The third-order valence-corrected chi connectivity index (χ3v) is 6.32. The first-order chi connectivity index (χ1) is 16.2. The van der Waals surface area contributed by atoms with Gasteiger partial charge in [0.1, 0.15) is 5.82 Å². The van der Waals surface area contributed by atoms with Crippen molar-refractivity contribution in [2.45, 2.75) is 30.7 Å². The van der Waals surface area contributed by atoms with Gasteiger partial charge in [-0.2, -0.15) is 0 Å². The van der Waals surface area contributed by atoms with E-state index in [2.05, 4.69) is 56.2 Å². The predicted octanol–water partition coefficient (Wildman–Crippen LogP) is 6.07. The summed E-state index contributed by atoms with van der Waals surface area (Å²) in [6, 6.07) is 28.5. The van der Waals surface area contributed by atoms with Crippen LogP contribution in [0.25, 0.3) is 17.1 Å². The zero-order chi connectivity index (χ0) is 22.6. The van der Waals surface area contributed by atoms with Gasteiger partial charge in [0.25, 0.3) is 0 Å². The molecule has 5 rings (SSSR count). The molecule has 6 nitrogen and oxygen atoms in total. The second-order valence-corrected chi connectivity index (χ2v) is 9.11. The largest absolute Gasteiger partial charge is 0.419 e. The normalized spacial score (nSPS) is 12.1. The second-order valence-electron chi connectivity index (χ2n) is 7.80. The molecule has 0 saturated carbocycles. The van der Waals surface area contributed by atoms with Crippen molar-refractivity contribution in [1.82, 2.24) is 25.0 Å². The van der Waals surface area contributed by atoms with Crippen LogP contribution in [0.4, 0.5) is 0 Å². The lowest BCUT2D eigenvalue weighted by atomic mass is 10.1. The van der Waals surface area contributed by atoms with Crippen molar-refractivity contribution in [3.8, 4) is 17.1 Å². The zero-order valence-corrected chi connectivity index (χ0v) is 19.2. The van der Waals surface area contributed by atoms with Gasteiger partial charge in [0, 0.05) is 17.7 Å². The van der Waals surface area contributed by atoms with E-state index in [9.17, 15) is 0 Å². The van der Waals surface area contributed by atoms with Crippen LogP contribution < -0.4 is 0 Å². The molecule has 1 atom stereocenters. The van der Waals surface area contributed by atoms with Gasteiger partial charge >= 0.3 is 0 Å². The molecule has 164 valence electrons. The summed E-state index contributed by atoms with van der Waals surface area (Å²) in [4.78, 5) is 0. The lowest BCUT2D eigenvalue weighted by molar-refractivity contribution is 0.509. The molecule has 0 bridgehead atoms. The molecule has 0 N–H and O–H groups in total. The predicted molar refractivity (Wildman–Crippen MR) is 129 cm³/mol. The van der Waals surface area contributed by atoms with E-state index in [-0.39, 0.29) is 5.25 Å². The summed E-state index contributed by atoms with van der Waals surface area (Å²) in [5.41, 5.74) is 4.31. The Morgan fingerprint density at radius 3 is 2.24 bits per heavy atom. The fourth-order valence-electron chi connectivity index (χ4n) is 3.53. The summed E-state index contributed by atoms with van der Waals surface area (Å²) in [6.45, 7) is 4.09. The number of hydrogen-bond acceptors (Lipinski definition) is 6. The van der Waals surface area contributed by atoms with Crippen molar-refractivity contribution < 1.29 is 4.42 Å². The standard InChI is InChI=1S/C26H23N5OS/c1-18-13-15-21(16-14-18)25-29-28-24(32-25)19(2)33-26-30-27-23(17-20-9-5-3-6-10-20)31(26)22-11-7-4-8-12-22/h3-16,19H,17H2,1-2H3. The number of thioether (sulfide) groups is 1. The zero-order valence-electron chi connectivity index (χ0n) is 18.4. The van der Waals surface area contributed by atoms with Crippen LogP contribution in [0.5, 0.6) is 0 Å². The van der Waals surface area contributed by atoms with Crippen molar-refractivity contribution in [1.29, 1.82) is 0 Å². The highest BCUT2D eigenvalue weighted by atomic mass is 32.2. The molecule has 3 aromatic carbocycles. The van der Waals surface area contributed by atoms with E-state index in [4.69, 9.17) is 4.42 Å². The van der Waals surface area contributed by atoms with Crippen LogP contribution in [0, 0.1) is 6.92 Å². The molecule has 2 heterocycles. The SMILES string of the molecule is Cc1ccc(-c2nnc(C(C)Sc3nnc(Cc4ccccc4)n3-c3ccccc3)o2)cc1. The van der Waals surface area contributed by atoms with Gasteiger partial charge in [-0.25, -0.2) is 0 Å². The molecule has 33 heavy (non-hydrogen) atoms. The molecular formula is C26H23N5OS. The first kappa shape index (κ1) is 21.2. The number of rotatable bonds is 7. The minimum absolute atomic E-state index is 0.0899. The summed E-state index contributed by atoms with van der Waals surface area (Å²) in [7, 11) is 0. The molecule has 0 spiro atoms. The Kier molecular flexibility index (Phi) is 6.04. The maximum atomic E-state index is 5.99. The van der Waals surface area contributed by atoms with E-state index in [1.807, 2.05) is 67.6 Å². The van der Waals surface area contributed by atoms with Crippen LogP contribution in [0.2, 0.25) is 0 Å². The quantitative estimate of drug-likeness (QED) is 0.279. The van der Waals surface area contributed by atoms with Gasteiger partial charge in [-0.3, -0.25) is 4.57 Å². The van der Waals surface area contributed by atoms with Gasteiger partial charge < -0.3 is 4.42 Å². The van der Waals surface area contributed by atoms with Crippen LogP contribution >= 0.6 is 11.8 Å². The van der Waals surface area contributed by atoms with Crippen molar-refractivity contribution in [3.63, 3.8) is 0 Å². The summed E-state index contributed by atoms with van der Waals surface area (Å²) < 4.78 is 8.09. The highest BCUT2D eigenvalue weighted by Crippen LogP contribution is 2.36. The minimum Gasteiger partial charge on any atom is -0.419 e. The molecule has 0 aliphatic heterocycles. The van der Waals surface area contributed by atoms with E-state index >= 15 is 0 Å². The van der Waals surface area contributed by atoms with E-state index in [0.717, 1.165) is 22.2 Å². The molecule has 5 aromatic rings. The number of aromatic nitrogens is 5. The highest BCUT2D eigenvalue weighted by Gasteiger charge is 2.22. The molecule has 0 saturated heterocycles. The number of hydrogen-bond donors (Lipinski definition) is 0. The highest BCUT2D eigenvalue weighted by molar-refractivity contribution is 7.99. The fourth-order valence-corrected chi connectivity index (χ4v) is 4.44. The minimum atomic E-state index is -0.0899. The van der Waals surface area contributed by atoms with Crippen LogP contribution in [0.15, 0.2) is 94.5 Å². The average molecular weight is 454 g/mol. The first-order valence-electron chi connectivity index (χ1n) is 10.8. The monoisotopic (exact) mass is 453 g/mol. The Morgan fingerprint density at radius 2 is 1.52 bits per heavy atom. The number of aryl methyl sites for hydroxylation is 1. The summed E-state index contributed by atoms with van der Waals surface area (Å²) >= 11 is 1.55. The van der Waals surface area contributed by atoms with Crippen molar-refractivity contribution >= 4 is 11.8 Å². The van der Waals surface area contributed by atoms with Crippen LogP contribution in [-0.2, 0) is 6.42 Å². The van der Waals surface area contributed by atoms with Crippen LogP contribution in [0.3, 0.4) is 0 Å². The smallest absolute Gasteiger partial charge is 0.247 e. The van der Waals surface area contributed by atoms with E-state index in [1.165, 1.54) is 11.1 Å². The molecule has 0 amide bonds. The molecule has 0 radical (unpaired) electrons. The summed E-state index contributed by atoms with van der Waals surface area (Å²) in [6.07, 6.45) is 0.690. The molecule has 0 aliphatic carbocycles. The van der Waals surface area contributed by atoms with Crippen LogP contribution in [0.1, 0.15) is 35.0 Å². The van der Waals surface area contributed by atoms with E-state index in [0.29, 0.717) is 18.2 Å². The van der Waals surface area contributed by atoms with Gasteiger partial charge in [-0.15, -0.1) is 20.4 Å². The van der Waals surface area contributed by atoms with Gasteiger partial charge in [-0.1, -0.05) is 78.0 Å². The van der Waals surface area contributed by atoms with E-state index in [1.54, 1.807) is 11.8 Å². The summed E-state index contributed by atoms with van der Waals surface area (Å²) in [5.74, 6) is 1.96. The number of para-hydroxylation sites is 1. The average Bonchev–Trinajstić information content (AvgIpc) is 3.49. The molecule has 0 aliphatic rings. The second kappa shape index (κ2) is 9.42. The fraction of sp³-hybridized carbons (Fsp3) is 0.154. The van der Waals surface area contributed by atoms with Gasteiger partial charge in [-0.05, 0) is 43.7 Å². The summed E-state index contributed by atoms with van der Waals surface area (Å²) in [5, 5.41) is 18.3. The van der Waals surface area contributed by atoms with Gasteiger partial charge in [0.05, 0.1) is 5.25 Å². The van der Waals surface area contributed by atoms with Crippen molar-refractivity contribution in [2.75, 3.05) is 0 Å². The van der Waals surface area contributed by atoms with E-state index < -0.39 is 0 Å². The Bertz CT molecular complexity index is 1330. The third-order valence-electron chi connectivity index (χ3n) is 5.29. The molecule has 7 heteroatoms. The maximum Gasteiger partial charge on any atom is 0.247 e. The number of nitrogens with zero attached hydrogens (tertiary/aromatic N) is 5. The lowest BCUT2D eigenvalue weighted by Gasteiger charge is -2.12. The Balaban J connectivity index is 1.43. The molecule has 1 unspecified atom stereocenters. The molecule has 0 fully saturated rings. The van der Waals surface area contributed by atoms with Crippen molar-refractivity contribution in [3.05, 3.63) is 108 Å². The number of benzene rings is 3. The third kappa shape index (κ3) is 4.73. The molecular weight excluding hydrogens is 430 g/mol. The van der Waals surface area contributed by atoms with Gasteiger partial charge in [0.15, 0.2) is 5.16 Å².